The van der Waals surface area contributed by atoms with Gasteiger partial charge in [-0.1, -0.05) is 24.3 Å². The highest BCUT2D eigenvalue weighted by Crippen LogP contribution is 2.30. The normalized spacial score (nSPS) is 19.7. The quantitative estimate of drug-likeness (QED) is 0.893. The molecule has 1 saturated heterocycles. The van der Waals surface area contributed by atoms with Gasteiger partial charge in [0.05, 0.1) is 6.54 Å². The number of benzene rings is 1. The lowest BCUT2D eigenvalue weighted by atomic mass is 9.90. The minimum Gasteiger partial charge on any atom is -0.385 e. The maximum Gasteiger partial charge on any atom is 0.236 e. The van der Waals surface area contributed by atoms with E-state index < -0.39 is 6.10 Å². The molecule has 1 amide bonds. The number of aryl methyl sites for hydroxylation is 1. The molecule has 6 nitrogen and oxygen atoms in total. The fourth-order valence-corrected chi connectivity index (χ4v) is 4.32. The molecule has 1 aromatic heterocycles. The molecule has 0 bridgehead atoms. The summed E-state index contributed by atoms with van der Waals surface area (Å²) < 4.78 is 1.87. The fourth-order valence-electron chi connectivity index (χ4n) is 4.32. The van der Waals surface area contributed by atoms with Crippen molar-refractivity contribution < 1.29 is 9.90 Å². The molecule has 2 aromatic rings. The zero-order valence-electron chi connectivity index (χ0n) is 15.9. The molecule has 1 aromatic carbocycles. The molecule has 6 heteroatoms. The molecule has 3 heterocycles. The van der Waals surface area contributed by atoms with E-state index in [1.165, 1.54) is 11.1 Å². The van der Waals surface area contributed by atoms with Gasteiger partial charge in [0.15, 0.2) is 0 Å². The number of amides is 1. The number of aliphatic hydroxyl groups excluding tert-OH is 1. The third-order valence-corrected chi connectivity index (χ3v) is 6.03. The van der Waals surface area contributed by atoms with Crippen molar-refractivity contribution >= 4 is 5.91 Å². The van der Waals surface area contributed by atoms with E-state index in [0.29, 0.717) is 12.4 Å². The van der Waals surface area contributed by atoms with E-state index in [2.05, 4.69) is 34.1 Å². The number of aliphatic hydroxyl groups is 1. The summed E-state index contributed by atoms with van der Waals surface area (Å²) in [5.41, 5.74) is 2.75. The van der Waals surface area contributed by atoms with Gasteiger partial charge in [-0.2, -0.15) is 0 Å². The Hall–Kier alpha value is -2.18. The van der Waals surface area contributed by atoms with Gasteiger partial charge in [-0.15, -0.1) is 0 Å². The molecular weight excluding hydrogens is 340 g/mol. The number of hydrogen-bond donors (Lipinski definition) is 1. The van der Waals surface area contributed by atoms with Crippen molar-refractivity contribution in [3.63, 3.8) is 0 Å². The first-order valence-corrected chi connectivity index (χ1v) is 9.84. The van der Waals surface area contributed by atoms with Gasteiger partial charge in [-0.3, -0.25) is 9.69 Å². The number of hydrogen-bond acceptors (Lipinski definition) is 4. The van der Waals surface area contributed by atoms with Crippen molar-refractivity contribution in [1.82, 2.24) is 19.4 Å². The number of aromatic nitrogens is 2. The second-order valence-electron chi connectivity index (χ2n) is 7.79. The van der Waals surface area contributed by atoms with Gasteiger partial charge in [0.2, 0.25) is 5.91 Å². The van der Waals surface area contributed by atoms with Gasteiger partial charge in [-0.05, 0) is 36.3 Å². The summed E-state index contributed by atoms with van der Waals surface area (Å²) in [7, 11) is 1.90. The van der Waals surface area contributed by atoms with Crippen LogP contribution in [0.5, 0.6) is 0 Å². The van der Waals surface area contributed by atoms with Gasteiger partial charge >= 0.3 is 0 Å². The summed E-state index contributed by atoms with van der Waals surface area (Å²) in [4.78, 5) is 21.2. The van der Waals surface area contributed by atoms with Crippen molar-refractivity contribution in [1.29, 1.82) is 0 Å². The lowest BCUT2D eigenvalue weighted by Crippen LogP contribution is -2.45. The van der Waals surface area contributed by atoms with Crippen LogP contribution in [0.15, 0.2) is 36.7 Å². The minimum absolute atomic E-state index is 0.164. The first kappa shape index (κ1) is 18.2. The number of likely N-dealkylation sites (tertiary alicyclic amines) is 1. The minimum atomic E-state index is -0.555. The summed E-state index contributed by atoms with van der Waals surface area (Å²) in [6.45, 7) is 3.72. The molecule has 1 fully saturated rings. The van der Waals surface area contributed by atoms with Crippen molar-refractivity contribution in [2.45, 2.75) is 31.9 Å². The Kier molecular flexibility index (Phi) is 5.27. The van der Waals surface area contributed by atoms with Crippen LogP contribution in [0.3, 0.4) is 0 Å². The van der Waals surface area contributed by atoms with Gasteiger partial charge in [0.25, 0.3) is 0 Å². The number of rotatable bonds is 4. The molecule has 27 heavy (non-hydrogen) atoms. The van der Waals surface area contributed by atoms with E-state index in [-0.39, 0.29) is 11.8 Å². The number of carbonyl (C=O) groups is 1. The Labute approximate surface area is 160 Å². The van der Waals surface area contributed by atoms with Crippen LogP contribution in [0, 0.1) is 5.92 Å². The summed E-state index contributed by atoms with van der Waals surface area (Å²) in [5, 5.41) is 10.6. The van der Waals surface area contributed by atoms with Crippen molar-refractivity contribution in [3.8, 4) is 0 Å². The van der Waals surface area contributed by atoms with Crippen LogP contribution in [0.4, 0.5) is 0 Å². The van der Waals surface area contributed by atoms with E-state index in [1.807, 2.05) is 22.7 Å². The van der Waals surface area contributed by atoms with Gasteiger partial charge in [0, 0.05) is 45.6 Å². The van der Waals surface area contributed by atoms with E-state index in [9.17, 15) is 9.90 Å². The summed E-state index contributed by atoms with van der Waals surface area (Å²) in [6, 6.07) is 8.51. The van der Waals surface area contributed by atoms with E-state index in [1.54, 1.807) is 6.20 Å². The molecule has 0 unspecified atom stereocenters. The molecule has 1 N–H and O–H groups in total. The van der Waals surface area contributed by atoms with Crippen LogP contribution in [0.2, 0.25) is 0 Å². The third kappa shape index (κ3) is 3.92. The molecule has 2 aliphatic rings. The highest BCUT2D eigenvalue weighted by molar-refractivity contribution is 5.78. The number of piperidine rings is 1. The van der Waals surface area contributed by atoms with Gasteiger partial charge in [-0.25, -0.2) is 4.98 Å². The summed E-state index contributed by atoms with van der Waals surface area (Å²) >= 11 is 0. The molecule has 2 aliphatic heterocycles. The second kappa shape index (κ2) is 7.82. The highest BCUT2D eigenvalue weighted by Gasteiger charge is 2.30. The third-order valence-electron chi connectivity index (χ3n) is 6.03. The zero-order valence-corrected chi connectivity index (χ0v) is 15.9. The number of carbonyl (C=O) groups excluding carboxylic acids is 1. The Balaban J connectivity index is 1.28. The maximum absolute atomic E-state index is 12.7. The van der Waals surface area contributed by atoms with Gasteiger partial charge < -0.3 is 14.6 Å². The van der Waals surface area contributed by atoms with E-state index in [4.69, 9.17) is 0 Å². The fraction of sp³-hybridized carbons (Fsp3) is 0.524. The Morgan fingerprint density at radius 1 is 1.22 bits per heavy atom. The monoisotopic (exact) mass is 368 g/mol. The predicted octanol–water partition coefficient (Wildman–Crippen LogP) is 1.75. The van der Waals surface area contributed by atoms with Crippen LogP contribution in [-0.2, 0) is 24.8 Å². The highest BCUT2D eigenvalue weighted by atomic mass is 16.3. The lowest BCUT2D eigenvalue weighted by Gasteiger charge is -2.36. The Morgan fingerprint density at radius 2 is 1.96 bits per heavy atom. The molecule has 1 atom stereocenters. The van der Waals surface area contributed by atoms with Gasteiger partial charge in [0.1, 0.15) is 11.9 Å². The van der Waals surface area contributed by atoms with Crippen LogP contribution < -0.4 is 0 Å². The van der Waals surface area contributed by atoms with Crippen LogP contribution in [0.25, 0.3) is 0 Å². The van der Waals surface area contributed by atoms with Crippen LogP contribution in [0.1, 0.15) is 35.9 Å². The summed E-state index contributed by atoms with van der Waals surface area (Å²) in [6.07, 6.45) is 5.68. The lowest BCUT2D eigenvalue weighted by molar-refractivity contribution is -0.134. The number of imidazole rings is 1. The molecule has 0 aliphatic carbocycles. The standard InChI is InChI=1S/C21H28N4O2/c1-23-13-9-22-21(23)20(27)17-7-11-25(12-8-17)19(26)15-24-10-6-16-4-2-3-5-18(16)14-24/h2-5,9,13,17,20,27H,6-8,10-12,14-15H2,1H3/t20-/m0/s1. The molecule has 0 spiro atoms. The van der Waals surface area contributed by atoms with E-state index >= 15 is 0 Å². The first-order valence-electron chi connectivity index (χ1n) is 9.84. The average molecular weight is 368 g/mol. The Morgan fingerprint density at radius 3 is 2.67 bits per heavy atom. The SMILES string of the molecule is Cn1ccnc1[C@@H](O)C1CCN(C(=O)CN2CCc3ccccc3C2)CC1. The van der Waals surface area contributed by atoms with Crippen LogP contribution in [-0.4, -0.2) is 56.5 Å². The number of nitrogens with zero attached hydrogens (tertiary/aromatic N) is 4. The molecule has 0 saturated carbocycles. The second-order valence-corrected chi connectivity index (χ2v) is 7.79. The Bertz CT molecular complexity index is 795. The summed E-state index contributed by atoms with van der Waals surface area (Å²) in [5.74, 6) is 1.09. The zero-order chi connectivity index (χ0) is 18.8. The first-order chi connectivity index (χ1) is 13.1. The predicted molar refractivity (Wildman–Crippen MR) is 103 cm³/mol. The van der Waals surface area contributed by atoms with Crippen molar-refractivity contribution in [2.24, 2.45) is 13.0 Å². The van der Waals surface area contributed by atoms with Crippen LogP contribution >= 0.6 is 0 Å². The van der Waals surface area contributed by atoms with Crippen molar-refractivity contribution in [2.75, 3.05) is 26.2 Å². The molecule has 144 valence electrons. The molecule has 0 radical (unpaired) electrons. The average Bonchev–Trinajstić information content (AvgIpc) is 3.13. The topological polar surface area (TPSA) is 61.6 Å². The number of fused-ring (bicyclic) bond motifs is 1. The smallest absolute Gasteiger partial charge is 0.236 e. The largest absolute Gasteiger partial charge is 0.385 e. The maximum atomic E-state index is 12.7. The van der Waals surface area contributed by atoms with Crippen molar-refractivity contribution in [3.05, 3.63) is 53.6 Å². The molecule has 4 rings (SSSR count). The molecular formula is C21H28N4O2. The van der Waals surface area contributed by atoms with E-state index in [0.717, 1.165) is 45.4 Å².